The molecule has 0 aliphatic carbocycles. The second-order valence-electron chi connectivity index (χ2n) is 10.4. The van der Waals surface area contributed by atoms with Crippen molar-refractivity contribution < 1.29 is 43.1 Å². The van der Waals surface area contributed by atoms with Gasteiger partial charge in [0.15, 0.2) is 5.78 Å². The van der Waals surface area contributed by atoms with Gasteiger partial charge in [-0.1, -0.05) is 90.4 Å². The van der Waals surface area contributed by atoms with Crippen LogP contribution in [0.15, 0.2) is 0 Å². The molecule has 0 heterocycles. The largest absolute Gasteiger partial charge is 0.394 e. The maximum atomic E-state index is 11.9. The number of carbonyl (C=O) groups excluding carboxylic acids is 1. The van der Waals surface area contributed by atoms with Gasteiger partial charge in [0, 0.05) is 6.61 Å². The van der Waals surface area contributed by atoms with E-state index in [1.807, 2.05) is 0 Å². The van der Waals surface area contributed by atoms with Crippen molar-refractivity contribution in [2.24, 2.45) is 0 Å². The molecular formula is C32H64O9. The second kappa shape index (κ2) is 35.5. The summed E-state index contributed by atoms with van der Waals surface area (Å²) in [4.78, 5) is 11.9. The van der Waals surface area contributed by atoms with Gasteiger partial charge in [0.05, 0.1) is 85.9 Å². The molecule has 0 aromatic heterocycles. The lowest BCUT2D eigenvalue weighted by atomic mass is 10.0. The molecule has 0 rings (SSSR count). The van der Waals surface area contributed by atoms with E-state index in [4.69, 9.17) is 38.3 Å². The third kappa shape index (κ3) is 33.7. The van der Waals surface area contributed by atoms with Crippen molar-refractivity contribution in [1.82, 2.24) is 0 Å². The molecular weight excluding hydrogens is 528 g/mol. The normalized spacial score (nSPS) is 12.3. The van der Waals surface area contributed by atoms with Crippen LogP contribution in [0, 0.1) is 0 Å². The number of carbonyl (C=O) groups is 1. The minimum atomic E-state index is -0.495. The number of hydrogen-bond acceptors (Lipinski definition) is 9. The van der Waals surface area contributed by atoms with Crippen LogP contribution in [0.5, 0.6) is 0 Å². The molecule has 41 heavy (non-hydrogen) atoms. The van der Waals surface area contributed by atoms with Crippen LogP contribution in [-0.4, -0.2) is 109 Å². The number of aliphatic hydroxyl groups is 1. The first-order chi connectivity index (χ1) is 20.2. The van der Waals surface area contributed by atoms with Gasteiger partial charge >= 0.3 is 0 Å². The molecule has 1 atom stereocenters. The smallest absolute Gasteiger partial charge is 0.160 e. The Morgan fingerprint density at radius 1 is 0.488 bits per heavy atom. The maximum Gasteiger partial charge on any atom is 0.160 e. The molecule has 9 nitrogen and oxygen atoms in total. The van der Waals surface area contributed by atoms with Crippen LogP contribution in [0.3, 0.4) is 0 Å². The molecule has 0 spiro atoms. The van der Waals surface area contributed by atoms with Crippen molar-refractivity contribution in [3.63, 3.8) is 0 Å². The molecule has 0 saturated carbocycles. The molecule has 9 heteroatoms. The van der Waals surface area contributed by atoms with E-state index >= 15 is 0 Å². The standard InChI is InChI=1S/C32H64O9/c1-3-4-5-6-7-8-9-10-11-12-13-14-15-16-18-41-32(31(2)34)30-40-29-28-39-27-26-38-25-24-37-23-22-36-21-20-35-19-17-33/h32-33H,3-30H2,1-2H3. The zero-order valence-corrected chi connectivity index (χ0v) is 26.6. The summed E-state index contributed by atoms with van der Waals surface area (Å²) in [5, 5.41) is 8.58. The molecule has 246 valence electrons. The monoisotopic (exact) mass is 592 g/mol. The van der Waals surface area contributed by atoms with Crippen LogP contribution >= 0.6 is 0 Å². The van der Waals surface area contributed by atoms with E-state index in [0.717, 1.165) is 12.8 Å². The lowest BCUT2D eigenvalue weighted by Gasteiger charge is -2.15. The second-order valence-corrected chi connectivity index (χ2v) is 10.4. The van der Waals surface area contributed by atoms with Crippen molar-refractivity contribution in [2.45, 2.75) is 110 Å². The molecule has 0 radical (unpaired) electrons. The van der Waals surface area contributed by atoms with E-state index in [0.29, 0.717) is 79.3 Å². The van der Waals surface area contributed by atoms with E-state index in [9.17, 15) is 4.79 Å². The number of rotatable bonds is 36. The summed E-state index contributed by atoms with van der Waals surface area (Å²) in [5.41, 5.74) is 0. The summed E-state index contributed by atoms with van der Waals surface area (Å²) >= 11 is 0. The quantitative estimate of drug-likeness (QED) is 0.0941. The van der Waals surface area contributed by atoms with E-state index < -0.39 is 6.10 Å². The van der Waals surface area contributed by atoms with Gasteiger partial charge in [-0.2, -0.15) is 0 Å². The third-order valence-corrected chi connectivity index (χ3v) is 6.64. The van der Waals surface area contributed by atoms with Crippen molar-refractivity contribution >= 4 is 5.78 Å². The molecule has 0 aliphatic rings. The van der Waals surface area contributed by atoms with Crippen LogP contribution in [0.2, 0.25) is 0 Å². The Morgan fingerprint density at radius 3 is 1.20 bits per heavy atom. The Labute approximate surface area is 251 Å². The average Bonchev–Trinajstić information content (AvgIpc) is 2.97. The molecule has 1 N–H and O–H groups in total. The van der Waals surface area contributed by atoms with Crippen LogP contribution in [0.1, 0.15) is 104 Å². The molecule has 0 bridgehead atoms. The van der Waals surface area contributed by atoms with Gasteiger partial charge in [0.2, 0.25) is 0 Å². The number of ketones is 1. The summed E-state index contributed by atoms with van der Waals surface area (Å²) in [6.45, 7) is 9.85. The molecule has 0 fully saturated rings. The molecule has 0 aliphatic heterocycles. The topological polar surface area (TPSA) is 102 Å². The summed E-state index contributed by atoms with van der Waals surface area (Å²) in [6, 6.07) is 0. The summed E-state index contributed by atoms with van der Waals surface area (Å²) in [6.07, 6.45) is 18.0. The first-order valence-electron chi connectivity index (χ1n) is 16.4. The Balaban J connectivity index is 3.36. The molecule has 0 amide bonds. The number of unbranched alkanes of at least 4 members (excludes halogenated alkanes) is 13. The highest BCUT2D eigenvalue weighted by Gasteiger charge is 2.14. The summed E-state index contributed by atoms with van der Waals surface area (Å²) in [7, 11) is 0. The van der Waals surface area contributed by atoms with Crippen LogP contribution in [0.25, 0.3) is 0 Å². The van der Waals surface area contributed by atoms with E-state index in [-0.39, 0.29) is 19.0 Å². The van der Waals surface area contributed by atoms with Crippen LogP contribution in [-0.2, 0) is 38.0 Å². The Bertz CT molecular complexity index is 508. The third-order valence-electron chi connectivity index (χ3n) is 6.64. The first kappa shape index (κ1) is 40.4. The van der Waals surface area contributed by atoms with Crippen molar-refractivity contribution in [2.75, 3.05) is 92.5 Å². The fourth-order valence-corrected chi connectivity index (χ4v) is 4.16. The van der Waals surface area contributed by atoms with Crippen molar-refractivity contribution in [3.05, 3.63) is 0 Å². The van der Waals surface area contributed by atoms with Gasteiger partial charge in [0.25, 0.3) is 0 Å². The fourth-order valence-electron chi connectivity index (χ4n) is 4.16. The van der Waals surface area contributed by atoms with Gasteiger partial charge in [0.1, 0.15) is 6.10 Å². The van der Waals surface area contributed by atoms with E-state index in [1.54, 1.807) is 6.92 Å². The lowest BCUT2D eigenvalue weighted by Crippen LogP contribution is -2.28. The average molecular weight is 593 g/mol. The van der Waals surface area contributed by atoms with Gasteiger partial charge < -0.3 is 38.3 Å². The molecule has 0 saturated heterocycles. The first-order valence-corrected chi connectivity index (χ1v) is 16.4. The summed E-state index contributed by atoms with van der Waals surface area (Å²) in [5.74, 6) is 0.00512. The van der Waals surface area contributed by atoms with Crippen molar-refractivity contribution in [1.29, 1.82) is 0 Å². The molecule has 0 aromatic rings. The molecule has 1 unspecified atom stereocenters. The zero-order valence-electron chi connectivity index (χ0n) is 26.6. The zero-order chi connectivity index (χ0) is 29.9. The highest BCUT2D eigenvalue weighted by Crippen LogP contribution is 2.13. The fraction of sp³-hybridized carbons (Fsp3) is 0.969. The number of ether oxygens (including phenoxy) is 7. The van der Waals surface area contributed by atoms with Crippen LogP contribution in [0.4, 0.5) is 0 Å². The Morgan fingerprint density at radius 2 is 0.829 bits per heavy atom. The Kier molecular flexibility index (Phi) is 35.0. The molecule has 0 aromatic carbocycles. The highest BCUT2D eigenvalue weighted by molar-refractivity contribution is 5.80. The van der Waals surface area contributed by atoms with Gasteiger partial charge in [-0.05, 0) is 13.3 Å². The number of aliphatic hydroxyl groups excluding tert-OH is 1. The van der Waals surface area contributed by atoms with E-state index in [1.165, 1.54) is 77.0 Å². The number of Topliss-reactive ketones (excluding diaryl/α,β-unsaturated/α-hetero) is 1. The van der Waals surface area contributed by atoms with Gasteiger partial charge in [-0.15, -0.1) is 0 Å². The van der Waals surface area contributed by atoms with E-state index in [2.05, 4.69) is 6.92 Å². The Hall–Kier alpha value is -0.650. The minimum Gasteiger partial charge on any atom is -0.394 e. The predicted molar refractivity (Wildman–Crippen MR) is 163 cm³/mol. The maximum absolute atomic E-state index is 11.9. The van der Waals surface area contributed by atoms with Gasteiger partial charge in [-0.25, -0.2) is 0 Å². The minimum absolute atomic E-state index is 0.00512. The SMILES string of the molecule is CCCCCCCCCCCCCCCCOC(COCCOCCOCCOCCOCCOCCO)C(C)=O. The highest BCUT2D eigenvalue weighted by atomic mass is 16.6. The predicted octanol–water partition coefficient (Wildman–Crippen LogP) is 5.53. The summed E-state index contributed by atoms with van der Waals surface area (Å²) < 4.78 is 38.2. The van der Waals surface area contributed by atoms with Crippen LogP contribution < -0.4 is 0 Å². The van der Waals surface area contributed by atoms with Gasteiger partial charge in [-0.3, -0.25) is 4.79 Å². The van der Waals surface area contributed by atoms with Crippen molar-refractivity contribution in [3.8, 4) is 0 Å². The number of hydrogen-bond donors (Lipinski definition) is 1. The lowest BCUT2D eigenvalue weighted by molar-refractivity contribution is -0.133.